The van der Waals surface area contributed by atoms with Crippen LogP contribution in [0.25, 0.3) is 22.4 Å². The second-order valence-electron chi connectivity index (χ2n) is 5.78. The van der Waals surface area contributed by atoms with E-state index in [9.17, 15) is 22.3 Å². The average Bonchev–Trinajstić information content (AvgIpc) is 2.96. The number of nitrogens with zero attached hydrogens (tertiary/aromatic N) is 2. The largest absolute Gasteiger partial charge is 0.388 e. The molecular weight excluding hydrogens is 366 g/mol. The topological polar surface area (TPSA) is 93.3 Å². The Labute approximate surface area is 148 Å². The predicted molar refractivity (Wildman–Crippen MR) is 88.9 cm³/mol. The van der Waals surface area contributed by atoms with Crippen molar-refractivity contribution >= 4 is 9.84 Å². The lowest BCUT2D eigenvalue weighted by Gasteiger charge is -2.08. The van der Waals surface area contributed by atoms with Crippen LogP contribution in [0.4, 0.5) is 8.78 Å². The first-order chi connectivity index (χ1) is 12.2. The molecule has 0 saturated carbocycles. The van der Waals surface area contributed by atoms with Crippen LogP contribution in [0.15, 0.2) is 40.0 Å². The molecule has 3 aromatic rings. The van der Waals surface area contributed by atoms with E-state index in [1.54, 1.807) is 12.3 Å². The lowest BCUT2D eigenvalue weighted by molar-refractivity contribution is 0.230. The van der Waals surface area contributed by atoms with Crippen molar-refractivity contribution < 1.29 is 26.8 Å². The zero-order valence-electron chi connectivity index (χ0n) is 13.8. The van der Waals surface area contributed by atoms with Crippen molar-refractivity contribution in [1.82, 2.24) is 10.1 Å². The Morgan fingerprint density at radius 3 is 2.31 bits per heavy atom. The maximum atomic E-state index is 14.3. The molecule has 0 amide bonds. The van der Waals surface area contributed by atoms with Crippen LogP contribution in [0.1, 0.15) is 11.3 Å². The number of aryl methyl sites for hydroxylation is 1. The fraction of sp³-hybridized carbons (Fsp3) is 0.176. The molecule has 136 valence electrons. The summed E-state index contributed by atoms with van der Waals surface area (Å²) in [7, 11) is -4.08. The van der Waals surface area contributed by atoms with Crippen molar-refractivity contribution in [2.75, 3.05) is 6.26 Å². The first-order valence-electron chi connectivity index (χ1n) is 7.43. The number of benzene rings is 1. The van der Waals surface area contributed by atoms with Crippen LogP contribution < -0.4 is 0 Å². The van der Waals surface area contributed by atoms with Crippen molar-refractivity contribution in [1.29, 1.82) is 0 Å². The zero-order valence-corrected chi connectivity index (χ0v) is 14.6. The Hall–Kier alpha value is -2.65. The van der Waals surface area contributed by atoms with Gasteiger partial charge in [-0.05, 0) is 36.2 Å². The van der Waals surface area contributed by atoms with Crippen LogP contribution in [0.3, 0.4) is 0 Å². The fourth-order valence-electron chi connectivity index (χ4n) is 2.67. The number of rotatable bonds is 4. The van der Waals surface area contributed by atoms with Gasteiger partial charge >= 0.3 is 0 Å². The molecule has 0 fully saturated rings. The number of sulfone groups is 1. The van der Waals surface area contributed by atoms with Crippen LogP contribution in [-0.2, 0) is 16.4 Å². The van der Waals surface area contributed by atoms with E-state index < -0.39 is 33.0 Å². The van der Waals surface area contributed by atoms with E-state index in [2.05, 4.69) is 10.1 Å². The minimum Gasteiger partial charge on any atom is -0.388 e. The molecule has 0 atom stereocenters. The Morgan fingerprint density at radius 1 is 1.12 bits per heavy atom. The number of pyridine rings is 1. The molecule has 3 rings (SSSR count). The summed E-state index contributed by atoms with van der Waals surface area (Å²) in [5.74, 6) is -2.48. The van der Waals surface area contributed by atoms with Gasteiger partial charge < -0.3 is 9.63 Å². The van der Waals surface area contributed by atoms with Gasteiger partial charge in [-0.2, -0.15) is 0 Å². The minimum absolute atomic E-state index is 0.00536. The van der Waals surface area contributed by atoms with E-state index in [4.69, 9.17) is 4.52 Å². The molecule has 1 aromatic carbocycles. The van der Waals surface area contributed by atoms with Gasteiger partial charge in [0.15, 0.2) is 15.6 Å². The maximum Gasteiger partial charge on any atom is 0.181 e. The van der Waals surface area contributed by atoms with Crippen molar-refractivity contribution in [3.05, 3.63) is 53.6 Å². The molecule has 1 N–H and O–H groups in total. The Bertz CT molecular complexity index is 1070. The second kappa shape index (κ2) is 6.58. The van der Waals surface area contributed by atoms with E-state index >= 15 is 0 Å². The fourth-order valence-corrected chi connectivity index (χ4v) is 3.50. The SMILES string of the molecule is Cc1cncc(-c2noc(CO)c2-c2cc(F)c(S(C)(=O)=O)c(F)c2)c1. The van der Waals surface area contributed by atoms with Crippen molar-refractivity contribution in [2.24, 2.45) is 0 Å². The highest BCUT2D eigenvalue weighted by Gasteiger charge is 2.25. The number of hydrogen-bond acceptors (Lipinski definition) is 6. The van der Waals surface area contributed by atoms with Crippen LogP contribution >= 0.6 is 0 Å². The number of aromatic nitrogens is 2. The van der Waals surface area contributed by atoms with Gasteiger partial charge in [0.1, 0.15) is 28.8 Å². The molecule has 0 spiro atoms. The summed E-state index contributed by atoms with van der Waals surface area (Å²) < 4.78 is 56.8. The minimum atomic E-state index is -4.08. The summed E-state index contributed by atoms with van der Waals surface area (Å²) in [6, 6.07) is 3.49. The van der Waals surface area contributed by atoms with Gasteiger partial charge in [0, 0.05) is 24.2 Å². The summed E-state index contributed by atoms with van der Waals surface area (Å²) in [4.78, 5) is 3.03. The Kier molecular flexibility index (Phi) is 4.59. The summed E-state index contributed by atoms with van der Waals surface area (Å²) in [6.45, 7) is 1.25. The summed E-state index contributed by atoms with van der Waals surface area (Å²) >= 11 is 0. The highest BCUT2D eigenvalue weighted by atomic mass is 32.2. The van der Waals surface area contributed by atoms with Crippen LogP contribution in [0.5, 0.6) is 0 Å². The van der Waals surface area contributed by atoms with Crippen molar-refractivity contribution in [3.63, 3.8) is 0 Å². The molecule has 0 bridgehead atoms. The molecule has 0 aliphatic carbocycles. The molecular formula is C17H14F2N2O4S. The first kappa shape index (κ1) is 18.2. The van der Waals surface area contributed by atoms with Gasteiger partial charge in [-0.1, -0.05) is 5.16 Å². The Balaban J connectivity index is 2.26. The molecule has 2 aromatic heterocycles. The summed E-state index contributed by atoms with van der Waals surface area (Å²) in [5, 5.41) is 13.4. The van der Waals surface area contributed by atoms with Gasteiger partial charge in [-0.15, -0.1) is 0 Å². The summed E-state index contributed by atoms with van der Waals surface area (Å²) in [5.41, 5.74) is 1.74. The number of hydrogen-bond donors (Lipinski definition) is 1. The molecule has 0 saturated heterocycles. The third-order valence-corrected chi connectivity index (χ3v) is 4.84. The predicted octanol–water partition coefficient (Wildman–Crippen LogP) is 2.89. The maximum absolute atomic E-state index is 14.3. The van der Waals surface area contributed by atoms with E-state index in [1.165, 1.54) is 6.20 Å². The molecule has 26 heavy (non-hydrogen) atoms. The normalized spacial score (nSPS) is 11.7. The standard InChI is InChI=1S/C17H14F2N2O4S/c1-9-3-11(7-20-6-9)16-15(14(8-22)25-21-16)10-4-12(18)17(13(19)5-10)26(2,23)24/h3-7,22H,8H2,1-2H3. The third-order valence-electron chi connectivity index (χ3n) is 3.71. The lowest BCUT2D eigenvalue weighted by atomic mass is 9.99. The molecule has 6 nitrogen and oxygen atoms in total. The molecule has 0 radical (unpaired) electrons. The molecule has 0 aliphatic heterocycles. The number of aliphatic hydroxyl groups is 1. The van der Waals surface area contributed by atoms with Crippen LogP contribution in [0.2, 0.25) is 0 Å². The zero-order chi connectivity index (χ0) is 19.1. The van der Waals surface area contributed by atoms with Gasteiger partial charge in [-0.25, -0.2) is 17.2 Å². The van der Waals surface area contributed by atoms with Gasteiger partial charge in [0.25, 0.3) is 0 Å². The molecule has 0 aliphatic rings. The first-order valence-corrected chi connectivity index (χ1v) is 9.32. The van der Waals surface area contributed by atoms with E-state index in [1.807, 2.05) is 6.92 Å². The Morgan fingerprint density at radius 2 is 1.77 bits per heavy atom. The van der Waals surface area contributed by atoms with E-state index in [0.29, 0.717) is 5.56 Å². The monoisotopic (exact) mass is 380 g/mol. The van der Waals surface area contributed by atoms with Gasteiger partial charge in [0.05, 0.1) is 5.56 Å². The molecule has 2 heterocycles. The highest BCUT2D eigenvalue weighted by Crippen LogP contribution is 2.36. The number of aliphatic hydroxyl groups excluding tert-OH is 1. The lowest BCUT2D eigenvalue weighted by Crippen LogP contribution is -2.05. The quantitative estimate of drug-likeness (QED) is 0.748. The highest BCUT2D eigenvalue weighted by molar-refractivity contribution is 7.90. The second-order valence-corrected chi connectivity index (χ2v) is 7.73. The van der Waals surface area contributed by atoms with Gasteiger partial charge in [0.2, 0.25) is 0 Å². The van der Waals surface area contributed by atoms with Crippen LogP contribution in [-0.4, -0.2) is 29.9 Å². The number of halogens is 2. The van der Waals surface area contributed by atoms with E-state index in [0.717, 1.165) is 24.0 Å². The smallest absolute Gasteiger partial charge is 0.181 e. The summed E-state index contributed by atoms with van der Waals surface area (Å²) in [6.07, 6.45) is 3.83. The average molecular weight is 380 g/mol. The van der Waals surface area contributed by atoms with E-state index in [-0.39, 0.29) is 22.6 Å². The molecule has 0 unspecified atom stereocenters. The van der Waals surface area contributed by atoms with Crippen molar-refractivity contribution in [3.8, 4) is 22.4 Å². The van der Waals surface area contributed by atoms with Crippen LogP contribution in [0, 0.1) is 18.6 Å². The van der Waals surface area contributed by atoms with Crippen molar-refractivity contribution in [2.45, 2.75) is 18.4 Å². The van der Waals surface area contributed by atoms with Gasteiger partial charge in [-0.3, -0.25) is 4.98 Å². The molecule has 9 heteroatoms. The third kappa shape index (κ3) is 3.23.